The molecule has 164 valence electrons. The summed E-state index contributed by atoms with van der Waals surface area (Å²) in [6.07, 6.45) is 0.550. The number of fused-ring (bicyclic) bond motifs is 1. The van der Waals surface area contributed by atoms with E-state index in [9.17, 15) is 9.90 Å². The second-order valence-corrected chi connectivity index (χ2v) is 7.94. The Morgan fingerprint density at radius 1 is 1.19 bits per heavy atom. The van der Waals surface area contributed by atoms with Gasteiger partial charge in [0.1, 0.15) is 5.75 Å². The van der Waals surface area contributed by atoms with Crippen LogP contribution in [-0.2, 0) is 6.54 Å². The van der Waals surface area contributed by atoms with E-state index in [4.69, 9.17) is 17.0 Å². The first kappa shape index (κ1) is 22.8. The molecule has 0 aliphatic heterocycles. The van der Waals surface area contributed by atoms with Crippen molar-refractivity contribution < 1.29 is 9.84 Å². The number of ether oxygens (including phenoxy) is 1. The molecular formula is C24H29N3O3S. The molecule has 0 fully saturated rings. The molecule has 2 aromatic carbocycles. The van der Waals surface area contributed by atoms with Crippen molar-refractivity contribution in [2.24, 2.45) is 0 Å². The number of H-pyrrole nitrogens is 1. The van der Waals surface area contributed by atoms with Crippen LogP contribution < -0.4 is 15.6 Å². The number of aromatic nitrogens is 1. The van der Waals surface area contributed by atoms with E-state index < -0.39 is 0 Å². The van der Waals surface area contributed by atoms with Gasteiger partial charge >= 0.3 is 0 Å². The first-order valence-electron chi connectivity index (χ1n) is 10.4. The van der Waals surface area contributed by atoms with Crippen LogP contribution in [0.25, 0.3) is 10.9 Å². The maximum absolute atomic E-state index is 12.8. The first-order chi connectivity index (χ1) is 14.9. The smallest absolute Gasteiger partial charge is 0.253 e. The van der Waals surface area contributed by atoms with Crippen molar-refractivity contribution in [1.82, 2.24) is 9.88 Å². The third kappa shape index (κ3) is 5.83. The number of aliphatic hydroxyl groups excluding tert-OH is 1. The highest BCUT2D eigenvalue weighted by Crippen LogP contribution is 2.20. The van der Waals surface area contributed by atoms with Crippen molar-refractivity contribution in [3.8, 4) is 5.75 Å². The number of aromatic amines is 1. The molecule has 1 heterocycles. The molecule has 7 heteroatoms. The Morgan fingerprint density at radius 3 is 2.61 bits per heavy atom. The van der Waals surface area contributed by atoms with Crippen LogP contribution in [0.15, 0.2) is 47.3 Å². The molecule has 0 unspecified atom stereocenters. The molecule has 31 heavy (non-hydrogen) atoms. The largest absolute Gasteiger partial charge is 0.494 e. The van der Waals surface area contributed by atoms with Crippen molar-refractivity contribution in [3.63, 3.8) is 0 Å². The molecule has 0 radical (unpaired) electrons. The lowest BCUT2D eigenvalue weighted by atomic mass is 10.1. The van der Waals surface area contributed by atoms with Crippen LogP contribution >= 0.6 is 12.2 Å². The van der Waals surface area contributed by atoms with E-state index in [0.29, 0.717) is 36.8 Å². The second-order valence-electron chi connectivity index (χ2n) is 7.56. The van der Waals surface area contributed by atoms with Gasteiger partial charge in [0.15, 0.2) is 5.11 Å². The molecule has 3 rings (SSSR count). The van der Waals surface area contributed by atoms with Gasteiger partial charge in [0.05, 0.1) is 18.7 Å². The summed E-state index contributed by atoms with van der Waals surface area (Å²) in [5.41, 5.74) is 4.39. The zero-order chi connectivity index (χ0) is 22.4. The van der Waals surface area contributed by atoms with Crippen LogP contribution in [0.2, 0.25) is 0 Å². The Morgan fingerprint density at radius 2 is 1.94 bits per heavy atom. The molecule has 3 aromatic rings. The third-order valence-corrected chi connectivity index (χ3v) is 5.38. The highest BCUT2D eigenvalue weighted by molar-refractivity contribution is 7.80. The molecule has 0 amide bonds. The summed E-state index contributed by atoms with van der Waals surface area (Å²) in [5, 5.41) is 14.0. The number of hydrogen-bond acceptors (Lipinski definition) is 4. The fraction of sp³-hybridized carbons (Fsp3) is 0.333. The number of rotatable bonds is 8. The van der Waals surface area contributed by atoms with Gasteiger partial charge in [-0.25, -0.2) is 0 Å². The summed E-state index contributed by atoms with van der Waals surface area (Å²) in [4.78, 5) is 17.7. The molecule has 0 aliphatic rings. The van der Waals surface area contributed by atoms with E-state index in [2.05, 4.69) is 22.4 Å². The first-order valence-corrected chi connectivity index (χ1v) is 10.8. The zero-order valence-electron chi connectivity index (χ0n) is 18.2. The molecule has 0 bridgehead atoms. The topological polar surface area (TPSA) is 77.6 Å². The minimum atomic E-state index is -0.127. The monoisotopic (exact) mass is 439 g/mol. The average molecular weight is 440 g/mol. The molecule has 0 atom stereocenters. The third-order valence-electron chi connectivity index (χ3n) is 5.02. The highest BCUT2D eigenvalue weighted by atomic mass is 32.1. The van der Waals surface area contributed by atoms with Gasteiger partial charge < -0.3 is 25.0 Å². The van der Waals surface area contributed by atoms with Crippen molar-refractivity contribution in [2.75, 3.05) is 25.1 Å². The van der Waals surface area contributed by atoms with E-state index >= 15 is 0 Å². The summed E-state index contributed by atoms with van der Waals surface area (Å²) in [7, 11) is 0. The molecule has 0 spiro atoms. The highest BCUT2D eigenvalue weighted by Gasteiger charge is 2.14. The van der Waals surface area contributed by atoms with Gasteiger partial charge in [0.25, 0.3) is 5.56 Å². The summed E-state index contributed by atoms with van der Waals surface area (Å²) in [6, 6.07) is 13.6. The van der Waals surface area contributed by atoms with E-state index in [-0.39, 0.29) is 12.2 Å². The predicted octanol–water partition coefficient (Wildman–Crippen LogP) is 4.13. The SMILES string of the molecule is CCOc1ccc(NC(=S)N(CCCO)Cc2cc3cc(C)cc(C)c3[nH]c2=O)cc1. The minimum absolute atomic E-state index is 0.0502. The molecule has 0 saturated heterocycles. The number of thiocarbonyl (C=S) groups is 1. The lowest BCUT2D eigenvalue weighted by molar-refractivity contribution is 0.265. The fourth-order valence-corrected chi connectivity index (χ4v) is 3.85. The maximum Gasteiger partial charge on any atom is 0.253 e. The lowest BCUT2D eigenvalue weighted by Gasteiger charge is -2.26. The Bertz CT molecular complexity index is 1110. The quantitative estimate of drug-likeness (QED) is 0.458. The van der Waals surface area contributed by atoms with Gasteiger partial charge in [-0.05, 0) is 86.8 Å². The van der Waals surface area contributed by atoms with Crippen molar-refractivity contribution in [3.05, 3.63) is 69.5 Å². The van der Waals surface area contributed by atoms with Gasteiger partial charge in [-0.1, -0.05) is 11.6 Å². The van der Waals surface area contributed by atoms with Crippen LogP contribution in [0, 0.1) is 13.8 Å². The molecule has 0 aliphatic carbocycles. The van der Waals surface area contributed by atoms with Crippen LogP contribution in [0.5, 0.6) is 5.75 Å². The van der Waals surface area contributed by atoms with E-state index in [0.717, 1.165) is 33.5 Å². The Balaban J connectivity index is 1.82. The Hall–Kier alpha value is -2.90. The molecular weight excluding hydrogens is 410 g/mol. The number of nitrogens with one attached hydrogen (secondary N) is 2. The number of hydrogen-bond donors (Lipinski definition) is 3. The standard InChI is InChI=1S/C24H29N3O3S/c1-4-30-21-8-6-20(7-9-21)25-24(31)27(10-5-11-28)15-19-14-18-13-16(2)12-17(3)22(18)26-23(19)29/h6-9,12-14,28H,4-5,10-11,15H2,1-3H3,(H,25,31)(H,26,29). The van der Waals surface area contributed by atoms with Crippen LogP contribution in [-0.4, -0.2) is 39.9 Å². The fourth-order valence-electron chi connectivity index (χ4n) is 3.57. The number of benzene rings is 2. The summed E-state index contributed by atoms with van der Waals surface area (Å²) in [5.74, 6) is 0.796. The van der Waals surface area contributed by atoms with Crippen LogP contribution in [0.3, 0.4) is 0 Å². The maximum atomic E-state index is 12.8. The molecule has 1 aromatic heterocycles. The molecule has 3 N–H and O–H groups in total. The van der Waals surface area contributed by atoms with E-state index in [1.54, 1.807) is 0 Å². The average Bonchev–Trinajstić information content (AvgIpc) is 2.73. The van der Waals surface area contributed by atoms with Crippen LogP contribution in [0.1, 0.15) is 30.0 Å². The summed E-state index contributed by atoms with van der Waals surface area (Å²) < 4.78 is 5.47. The van der Waals surface area contributed by atoms with Gasteiger partial charge in [-0.2, -0.15) is 0 Å². The Kier molecular flexibility index (Phi) is 7.65. The number of aryl methyl sites for hydroxylation is 2. The minimum Gasteiger partial charge on any atom is -0.494 e. The summed E-state index contributed by atoms with van der Waals surface area (Å²) in [6.45, 7) is 7.52. The van der Waals surface area contributed by atoms with E-state index in [1.807, 2.05) is 56.0 Å². The van der Waals surface area contributed by atoms with Crippen LogP contribution in [0.4, 0.5) is 5.69 Å². The van der Waals surface area contributed by atoms with Gasteiger partial charge in [0, 0.05) is 24.4 Å². The molecule has 0 saturated carbocycles. The Labute approximate surface area is 187 Å². The number of pyridine rings is 1. The van der Waals surface area contributed by atoms with Crippen molar-refractivity contribution in [1.29, 1.82) is 0 Å². The van der Waals surface area contributed by atoms with Crippen molar-refractivity contribution in [2.45, 2.75) is 33.7 Å². The zero-order valence-corrected chi connectivity index (χ0v) is 19.0. The summed E-state index contributed by atoms with van der Waals surface area (Å²) >= 11 is 5.62. The second kappa shape index (κ2) is 10.4. The number of anilines is 1. The van der Waals surface area contributed by atoms with Crippen molar-refractivity contribution >= 4 is 33.9 Å². The lowest BCUT2D eigenvalue weighted by Crippen LogP contribution is -2.37. The predicted molar refractivity (Wildman–Crippen MR) is 130 cm³/mol. The number of nitrogens with zero attached hydrogens (tertiary/aromatic N) is 1. The molecule has 6 nitrogen and oxygen atoms in total. The number of aliphatic hydroxyl groups is 1. The van der Waals surface area contributed by atoms with Gasteiger partial charge in [-0.3, -0.25) is 4.79 Å². The van der Waals surface area contributed by atoms with E-state index in [1.165, 1.54) is 0 Å². The van der Waals surface area contributed by atoms with Gasteiger partial charge in [-0.15, -0.1) is 0 Å². The normalized spacial score (nSPS) is 10.8. The van der Waals surface area contributed by atoms with Gasteiger partial charge in [0.2, 0.25) is 0 Å².